The van der Waals surface area contributed by atoms with Crippen molar-refractivity contribution in [2.75, 3.05) is 13.1 Å². The molecule has 0 spiro atoms. The second-order valence-corrected chi connectivity index (χ2v) is 4.64. The predicted molar refractivity (Wildman–Crippen MR) is 59.8 cm³/mol. The van der Waals surface area contributed by atoms with Crippen LogP contribution in [-0.2, 0) is 0 Å². The van der Waals surface area contributed by atoms with E-state index in [1.165, 1.54) is 12.8 Å². The average Bonchev–Trinajstić information content (AvgIpc) is 2.71. The van der Waals surface area contributed by atoms with Gasteiger partial charge in [0.2, 0.25) is 0 Å². The van der Waals surface area contributed by atoms with E-state index in [0.717, 1.165) is 38.8 Å². The van der Waals surface area contributed by atoms with Gasteiger partial charge in [-0.1, -0.05) is 12.8 Å². The Kier molecular flexibility index (Phi) is 3.83. The smallest absolute Gasteiger partial charge is 0.315 e. The first-order valence-electron chi connectivity index (χ1n) is 6.12. The van der Waals surface area contributed by atoms with E-state index in [-0.39, 0.29) is 6.03 Å². The van der Waals surface area contributed by atoms with Crippen LogP contribution in [0, 0.1) is 0 Å². The average molecular weight is 211 g/mol. The summed E-state index contributed by atoms with van der Waals surface area (Å²) in [6.07, 6.45) is 7.08. The molecular formula is C11H21N3O. The molecule has 0 aromatic rings. The summed E-state index contributed by atoms with van der Waals surface area (Å²) in [6, 6.07) is 0.761. The number of piperidine rings is 1. The van der Waals surface area contributed by atoms with Crippen LogP contribution in [0.1, 0.15) is 38.5 Å². The summed E-state index contributed by atoms with van der Waals surface area (Å²) in [6.45, 7) is 2.00. The molecule has 2 fully saturated rings. The molecule has 1 aliphatic carbocycles. The molecule has 1 atom stereocenters. The molecule has 0 aromatic carbocycles. The van der Waals surface area contributed by atoms with Gasteiger partial charge in [-0.15, -0.1) is 0 Å². The molecule has 4 nitrogen and oxygen atoms in total. The summed E-state index contributed by atoms with van der Waals surface area (Å²) in [5, 5.41) is 9.37. The van der Waals surface area contributed by atoms with Crippen molar-refractivity contribution in [1.82, 2.24) is 16.0 Å². The van der Waals surface area contributed by atoms with E-state index in [4.69, 9.17) is 0 Å². The minimum Gasteiger partial charge on any atom is -0.335 e. The maximum absolute atomic E-state index is 11.6. The van der Waals surface area contributed by atoms with Crippen LogP contribution in [0.25, 0.3) is 0 Å². The van der Waals surface area contributed by atoms with Crippen molar-refractivity contribution < 1.29 is 4.79 Å². The summed E-state index contributed by atoms with van der Waals surface area (Å²) in [5.41, 5.74) is 0. The second-order valence-electron chi connectivity index (χ2n) is 4.64. The van der Waals surface area contributed by atoms with Gasteiger partial charge < -0.3 is 16.0 Å². The van der Waals surface area contributed by atoms with Crippen molar-refractivity contribution >= 4 is 6.03 Å². The molecule has 1 aliphatic heterocycles. The first-order valence-corrected chi connectivity index (χ1v) is 6.12. The lowest BCUT2D eigenvalue weighted by atomic mass is 10.1. The number of nitrogens with one attached hydrogen (secondary N) is 3. The minimum absolute atomic E-state index is 0.0237. The number of urea groups is 1. The summed E-state index contributed by atoms with van der Waals surface area (Å²) in [4.78, 5) is 11.6. The highest BCUT2D eigenvalue weighted by molar-refractivity contribution is 5.74. The van der Waals surface area contributed by atoms with Crippen LogP contribution >= 0.6 is 0 Å². The zero-order valence-electron chi connectivity index (χ0n) is 9.22. The highest BCUT2D eigenvalue weighted by atomic mass is 16.2. The van der Waals surface area contributed by atoms with Crippen LogP contribution in [0.4, 0.5) is 4.79 Å². The molecule has 1 saturated carbocycles. The van der Waals surface area contributed by atoms with Crippen molar-refractivity contribution in [2.24, 2.45) is 0 Å². The van der Waals surface area contributed by atoms with Gasteiger partial charge in [0.05, 0.1) is 0 Å². The van der Waals surface area contributed by atoms with Gasteiger partial charge in [0.25, 0.3) is 0 Å². The lowest BCUT2D eigenvalue weighted by molar-refractivity contribution is 0.230. The molecule has 4 heteroatoms. The minimum atomic E-state index is 0.0237. The molecule has 0 aromatic heterocycles. The molecule has 15 heavy (non-hydrogen) atoms. The summed E-state index contributed by atoms with van der Waals surface area (Å²) < 4.78 is 0. The van der Waals surface area contributed by atoms with Crippen LogP contribution in [0.15, 0.2) is 0 Å². The Morgan fingerprint density at radius 3 is 2.33 bits per heavy atom. The van der Waals surface area contributed by atoms with Gasteiger partial charge in [-0.3, -0.25) is 0 Å². The third-order valence-electron chi connectivity index (χ3n) is 3.32. The van der Waals surface area contributed by atoms with Crippen LogP contribution in [0.3, 0.4) is 0 Å². The number of hydrogen-bond acceptors (Lipinski definition) is 2. The quantitative estimate of drug-likeness (QED) is 0.638. The first-order chi connectivity index (χ1) is 7.34. The Bertz CT molecular complexity index is 208. The van der Waals surface area contributed by atoms with Crippen LogP contribution in [0.5, 0.6) is 0 Å². The Labute approximate surface area is 91.2 Å². The van der Waals surface area contributed by atoms with Gasteiger partial charge in [-0.2, -0.15) is 0 Å². The Balaban J connectivity index is 1.66. The fourth-order valence-electron chi connectivity index (χ4n) is 2.46. The molecular weight excluding hydrogens is 190 g/mol. The summed E-state index contributed by atoms with van der Waals surface area (Å²) >= 11 is 0. The zero-order chi connectivity index (χ0) is 10.5. The van der Waals surface area contributed by atoms with E-state index < -0.39 is 0 Å². The molecule has 2 aliphatic rings. The predicted octanol–water partition coefficient (Wildman–Crippen LogP) is 0.980. The normalized spacial score (nSPS) is 27.6. The van der Waals surface area contributed by atoms with E-state index in [1.54, 1.807) is 0 Å². The van der Waals surface area contributed by atoms with Crippen molar-refractivity contribution in [3.05, 3.63) is 0 Å². The lowest BCUT2D eigenvalue weighted by Gasteiger charge is -2.24. The number of amides is 2. The van der Waals surface area contributed by atoms with Crippen molar-refractivity contribution in [2.45, 2.75) is 50.6 Å². The number of carbonyl (C=O) groups is 1. The van der Waals surface area contributed by atoms with Gasteiger partial charge in [-0.25, -0.2) is 4.79 Å². The van der Waals surface area contributed by atoms with Gasteiger partial charge in [0, 0.05) is 18.6 Å². The van der Waals surface area contributed by atoms with Crippen LogP contribution < -0.4 is 16.0 Å². The van der Waals surface area contributed by atoms with E-state index in [9.17, 15) is 4.79 Å². The molecule has 2 rings (SSSR count). The second kappa shape index (κ2) is 5.35. The topological polar surface area (TPSA) is 53.2 Å². The maximum Gasteiger partial charge on any atom is 0.315 e. The standard InChI is InChI=1S/C11H21N3O/c15-11(13-9-4-1-2-5-9)14-10-6-3-7-12-8-10/h9-10,12H,1-8H2,(H2,13,14,15). The van der Waals surface area contributed by atoms with Crippen LogP contribution in [0.2, 0.25) is 0 Å². The van der Waals surface area contributed by atoms with E-state index in [0.29, 0.717) is 12.1 Å². The van der Waals surface area contributed by atoms with E-state index in [2.05, 4.69) is 16.0 Å². The van der Waals surface area contributed by atoms with Gasteiger partial charge in [0.1, 0.15) is 0 Å². The zero-order valence-corrected chi connectivity index (χ0v) is 9.22. The third kappa shape index (κ3) is 3.38. The van der Waals surface area contributed by atoms with Gasteiger partial charge >= 0.3 is 6.03 Å². The molecule has 1 unspecified atom stereocenters. The maximum atomic E-state index is 11.6. The van der Waals surface area contributed by atoms with Gasteiger partial charge in [-0.05, 0) is 32.2 Å². The van der Waals surface area contributed by atoms with Crippen molar-refractivity contribution in [1.29, 1.82) is 0 Å². The number of rotatable bonds is 2. The first kappa shape index (κ1) is 10.7. The fraction of sp³-hybridized carbons (Fsp3) is 0.909. The highest BCUT2D eigenvalue weighted by Crippen LogP contribution is 2.17. The third-order valence-corrected chi connectivity index (χ3v) is 3.32. The molecule has 86 valence electrons. The summed E-state index contributed by atoms with van der Waals surface area (Å²) in [5.74, 6) is 0. The Morgan fingerprint density at radius 1 is 1.00 bits per heavy atom. The van der Waals surface area contributed by atoms with Crippen LogP contribution in [-0.4, -0.2) is 31.2 Å². The largest absolute Gasteiger partial charge is 0.335 e. The summed E-state index contributed by atoms with van der Waals surface area (Å²) in [7, 11) is 0. The molecule has 1 saturated heterocycles. The molecule has 2 amide bonds. The molecule has 3 N–H and O–H groups in total. The Morgan fingerprint density at radius 2 is 1.67 bits per heavy atom. The molecule has 0 radical (unpaired) electrons. The van der Waals surface area contributed by atoms with Crippen molar-refractivity contribution in [3.63, 3.8) is 0 Å². The van der Waals surface area contributed by atoms with E-state index >= 15 is 0 Å². The Hall–Kier alpha value is -0.770. The lowest BCUT2D eigenvalue weighted by Crippen LogP contribution is -2.50. The monoisotopic (exact) mass is 211 g/mol. The number of hydrogen-bond donors (Lipinski definition) is 3. The molecule has 0 bridgehead atoms. The number of carbonyl (C=O) groups excluding carboxylic acids is 1. The van der Waals surface area contributed by atoms with Crippen molar-refractivity contribution in [3.8, 4) is 0 Å². The van der Waals surface area contributed by atoms with Gasteiger partial charge in [0.15, 0.2) is 0 Å². The SMILES string of the molecule is O=C(NC1CCCC1)NC1CCCNC1. The highest BCUT2D eigenvalue weighted by Gasteiger charge is 2.19. The fourth-order valence-corrected chi connectivity index (χ4v) is 2.46. The molecule has 1 heterocycles. The van der Waals surface area contributed by atoms with E-state index in [1.807, 2.05) is 0 Å².